The number of nitrogens with zero attached hydrogens (tertiary/aromatic N) is 3. The fourth-order valence-corrected chi connectivity index (χ4v) is 3.10. The molecule has 1 aromatic rings. The van der Waals surface area contributed by atoms with Gasteiger partial charge in [0.1, 0.15) is 0 Å². The van der Waals surface area contributed by atoms with E-state index in [9.17, 15) is 9.59 Å². The van der Waals surface area contributed by atoms with Crippen LogP contribution in [0.15, 0.2) is 24.4 Å². The van der Waals surface area contributed by atoms with Gasteiger partial charge in [-0.1, -0.05) is 6.07 Å². The minimum Gasteiger partial charge on any atom is -0.342 e. The van der Waals surface area contributed by atoms with E-state index in [0.717, 1.165) is 18.5 Å². The number of pyridine rings is 1. The minimum absolute atomic E-state index is 0.0278. The van der Waals surface area contributed by atoms with Crippen LogP contribution in [0.2, 0.25) is 0 Å². The lowest BCUT2D eigenvalue weighted by Crippen LogP contribution is -2.48. The number of hydrogen-bond donors (Lipinski definition) is 0. The number of piperidine rings is 1. The van der Waals surface area contributed by atoms with Crippen LogP contribution in [0, 0.1) is 5.92 Å². The highest BCUT2D eigenvalue weighted by Gasteiger charge is 2.33. The number of carbonyl (C=O) groups is 2. The third kappa shape index (κ3) is 4.07. The Hall–Kier alpha value is -1.95. The van der Waals surface area contributed by atoms with Crippen LogP contribution in [-0.2, 0) is 20.8 Å². The van der Waals surface area contributed by atoms with Gasteiger partial charge in [-0.05, 0) is 31.4 Å². The summed E-state index contributed by atoms with van der Waals surface area (Å²) in [5, 5.41) is 1.50. The molecule has 0 bridgehead atoms. The lowest BCUT2D eigenvalue weighted by atomic mass is 9.96. The molecule has 23 heavy (non-hydrogen) atoms. The molecule has 0 saturated carbocycles. The number of amides is 2. The molecule has 1 aromatic heterocycles. The largest absolute Gasteiger partial charge is 0.342 e. The second kappa shape index (κ2) is 7.55. The lowest BCUT2D eigenvalue weighted by molar-refractivity contribution is -0.202. The summed E-state index contributed by atoms with van der Waals surface area (Å²) >= 11 is 0. The van der Waals surface area contributed by atoms with E-state index in [2.05, 4.69) is 4.98 Å². The van der Waals surface area contributed by atoms with E-state index in [0.29, 0.717) is 45.5 Å². The predicted molar refractivity (Wildman–Crippen MR) is 84.1 cm³/mol. The first-order chi connectivity index (χ1) is 11.2. The molecule has 0 radical (unpaired) electrons. The molecule has 0 spiro atoms. The van der Waals surface area contributed by atoms with Crippen LogP contribution in [0.4, 0.5) is 0 Å². The standard InChI is InChI=1S/C17H23N3O3/c21-16-7-6-14(17(22)20-10-3-4-12-23-20)13-19(16)11-8-15-5-1-2-9-18-15/h1-2,5,9,14H,3-4,6-8,10-13H2. The highest BCUT2D eigenvalue weighted by atomic mass is 16.7. The first-order valence-electron chi connectivity index (χ1n) is 8.36. The maximum absolute atomic E-state index is 12.5. The summed E-state index contributed by atoms with van der Waals surface area (Å²) in [6.07, 6.45) is 5.52. The van der Waals surface area contributed by atoms with Crippen molar-refractivity contribution in [1.82, 2.24) is 14.9 Å². The van der Waals surface area contributed by atoms with Crippen LogP contribution >= 0.6 is 0 Å². The van der Waals surface area contributed by atoms with Crippen LogP contribution < -0.4 is 0 Å². The van der Waals surface area contributed by atoms with Crippen molar-refractivity contribution in [3.8, 4) is 0 Å². The van der Waals surface area contributed by atoms with Gasteiger partial charge >= 0.3 is 0 Å². The number of hydrogen-bond acceptors (Lipinski definition) is 4. The Morgan fingerprint density at radius 2 is 2.26 bits per heavy atom. The molecule has 1 atom stereocenters. The minimum atomic E-state index is -0.144. The van der Waals surface area contributed by atoms with Gasteiger partial charge < -0.3 is 4.90 Å². The van der Waals surface area contributed by atoms with E-state index >= 15 is 0 Å². The van der Waals surface area contributed by atoms with Gasteiger partial charge in [0.15, 0.2) is 0 Å². The van der Waals surface area contributed by atoms with Crippen molar-refractivity contribution in [2.75, 3.05) is 26.2 Å². The summed E-state index contributed by atoms with van der Waals surface area (Å²) in [4.78, 5) is 36.2. The Morgan fingerprint density at radius 1 is 1.35 bits per heavy atom. The van der Waals surface area contributed by atoms with Crippen molar-refractivity contribution in [2.24, 2.45) is 5.92 Å². The number of rotatable bonds is 4. The molecule has 2 aliphatic heterocycles. The molecule has 0 aromatic carbocycles. The van der Waals surface area contributed by atoms with E-state index in [1.165, 1.54) is 5.06 Å². The van der Waals surface area contributed by atoms with E-state index in [4.69, 9.17) is 4.84 Å². The summed E-state index contributed by atoms with van der Waals surface area (Å²) < 4.78 is 0. The highest BCUT2D eigenvalue weighted by molar-refractivity contribution is 5.83. The first kappa shape index (κ1) is 15.9. The molecule has 0 aliphatic carbocycles. The molecule has 1 unspecified atom stereocenters. The van der Waals surface area contributed by atoms with Crippen LogP contribution in [0.25, 0.3) is 0 Å². The number of carbonyl (C=O) groups excluding carboxylic acids is 2. The third-order valence-corrected chi connectivity index (χ3v) is 4.46. The van der Waals surface area contributed by atoms with E-state index < -0.39 is 0 Å². The normalized spacial score (nSPS) is 22.3. The monoisotopic (exact) mass is 317 g/mol. The maximum atomic E-state index is 12.5. The van der Waals surface area contributed by atoms with Gasteiger partial charge in [0, 0.05) is 44.4 Å². The Balaban J connectivity index is 1.55. The van der Waals surface area contributed by atoms with E-state index in [-0.39, 0.29) is 17.7 Å². The Kier molecular flexibility index (Phi) is 5.23. The van der Waals surface area contributed by atoms with Crippen molar-refractivity contribution in [3.05, 3.63) is 30.1 Å². The van der Waals surface area contributed by atoms with Crippen molar-refractivity contribution in [2.45, 2.75) is 32.1 Å². The quantitative estimate of drug-likeness (QED) is 0.842. The van der Waals surface area contributed by atoms with Crippen molar-refractivity contribution in [3.63, 3.8) is 0 Å². The predicted octanol–water partition coefficient (Wildman–Crippen LogP) is 1.42. The molecular formula is C17H23N3O3. The number of likely N-dealkylation sites (tertiary alicyclic amines) is 1. The van der Waals surface area contributed by atoms with Crippen molar-refractivity contribution >= 4 is 11.8 Å². The van der Waals surface area contributed by atoms with Crippen LogP contribution in [-0.4, -0.2) is 53.0 Å². The zero-order valence-electron chi connectivity index (χ0n) is 13.3. The molecule has 3 heterocycles. The molecule has 0 N–H and O–H groups in total. The van der Waals surface area contributed by atoms with Gasteiger partial charge in [-0.25, -0.2) is 5.06 Å². The fourth-order valence-electron chi connectivity index (χ4n) is 3.10. The van der Waals surface area contributed by atoms with Crippen LogP contribution in [0.3, 0.4) is 0 Å². The zero-order chi connectivity index (χ0) is 16.1. The summed E-state index contributed by atoms with van der Waals surface area (Å²) in [5.41, 5.74) is 0.966. The maximum Gasteiger partial charge on any atom is 0.251 e. The van der Waals surface area contributed by atoms with Gasteiger partial charge in [-0.2, -0.15) is 0 Å². The first-order valence-corrected chi connectivity index (χ1v) is 8.36. The third-order valence-electron chi connectivity index (χ3n) is 4.46. The van der Waals surface area contributed by atoms with Gasteiger partial charge in [0.05, 0.1) is 12.5 Å². The molecule has 6 nitrogen and oxygen atoms in total. The molecular weight excluding hydrogens is 294 g/mol. The second-order valence-corrected chi connectivity index (χ2v) is 6.13. The smallest absolute Gasteiger partial charge is 0.251 e. The van der Waals surface area contributed by atoms with Crippen molar-refractivity contribution < 1.29 is 14.4 Å². The molecule has 2 saturated heterocycles. The number of hydroxylamine groups is 2. The summed E-state index contributed by atoms with van der Waals surface area (Å²) in [5.74, 6) is 0.0131. The van der Waals surface area contributed by atoms with E-state index in [1.54, 1.807) is 11.1 Å². The molecule has 2 amide bonds. The molecule has 2 fully saturated rings. The summed E-state index contributed by atoms with van der Waals surface area (Å²) in [6, 6.07) is 5.78. The lowest BCUT2D eigenvalue weighted by Gasteiger charge is -2.35. The molecule has 3 rings (SSSR count). The van der Waals surface area contributed by atoms with Gasteiger partial charge in [0.25, 0.3) is 5.91 Å². The van der Waals surface area contributed by atoms with Crippen LogP contribution in [0.1, 0.15) is 31.4 Å². The van der Waals surface area contributed by atoms with E-state index in [1.807, 2.05) is 18.2 Å². The molecule has 6 heteroatoms. The Bertz CT molecular complexity index is 543. The van der Waals surface area contributed by atoms with Gasteiger partial charge in [-0.3, -0.25) is 19.4 Å². The molecule has 2 aliphatic rings. The molecule has 124 valence electrons. The summed E-state index contributed by atoms with van der Waals surface area (Å²) in [7, 11) is 0. The Morgan fingerprint density at radius 3 is 3.00 bits per heavy atom. The summed E-state index contributed by atoms with van der Waals surface area (Å²) in [6.45, 7) is 2.38. The van der Waals surface area contributed by atoms with Crippen molar-refractivity contribution in [1.29, 1.82) is 0 Å². The fraction of sp³-hybridized carbons (Fsp3) is 0.588. The Labute approximate surface area is 136 Å². The average Bonchev–Trinajstić information content (AvgIpc) is 2.62. The highest BCUT2D eigenvalue weighted by Crippen LogP contribution is 2.21. The number of aromatic nitrogens is 1. The average molecular weight is 317 g/mol. The second-order valence-electron chi connectivity index (χ2n) is 6.13. The van der Waals surface area contributed by atoms with Gasteiger partial charge in [0.2, 0.25) is 5.91 Å². The topological polar surface area (TPSA) is 62.7 Å². The van der Waals surface area contributed by atoms with Gasteiger partial charge in [-0.15, -0.1) is 0 Å². The van der Waals surface area contributed by atoms with Crippen LogP contribution in [0.5, 0.6) is 0 Å². The SMILES string of the molecule is O=C1CCC(C(=O)N2CCCCO2)CN1CCc1ccccn1. The zero-order valence-corrected chi connectivity index (χ0v) is 13.3.